The number of nitrogens with zero attached hydrogens (tertiary/aromatic N) is 4. The predicted octanol–water partition coefficient (Wildman–Crippen LogP) is 15.9. The summed E-state index contributed by atoms with van der Waals surface area (Å²) in [5.74, 6) is 0.431. The lowest BCUT2D eigenvalue weighted by Gasteiger charge is -2.32. The zero-order chi connectivity index (χ0) is 43.5. The molecule has 14 rings (SSSR count). The molecule has 1 heterocycles. The van der Waals surface area contributed by atoms with Crippen LogP contribution in [0.1, 0.15) is 22.3 Å². The second-order valence-corrected chi connectivity index (χ2v) is 17.4. The van der Waals surface area contributed by atoms with Gasteiger partial charge in [-0.2, -0.15) is 0 Å². The van der Waals surface area contributed by atoms with Crippen LogP contribution in [0.3, 0.4) is 0 Å². The van der Waals surface area contributed by atoms with Crippen LogP contribution in [-0.4, -0.2) is 9.97 Å². The summed E-state index contributed by atoms with van der Waals surface area (Å²) < 4.78 is 16.8. The molecular formula is C61H37FN4. The maximum atomic E-state index is 16.8. The number of para-hydroxylation sites is 4. The maximum Gasteiger partial charge on any atom is 0.156 e. The minimum Gasteiger partial charge on any atom is -0.306 e. The average Bonchev–Trinajstić information content (AvgIpc) is 3.85. The summed E-state index contributed by atoms with van der Waals surface area (Å²) >= 11 is 0. The van der Waals surface area contributed by atoms with E-state index in [1.165, 1.54) is 33.4 Å². The molecule has 0 aliphatic heterocycles. The first-order valence-corrected chi connectivity index (χ1v) is 22.4. The quantitative estimate of drug-likeness (QED) is 0.156. The molecule has 0 radical (unpaired) electrons. The Hall–Kier alpha value is -8.67. The summed E-state index contributed by atoms with van der Waals surface area (Å²) in [5, 5.41) is 6.58. The van der Waals surface area contributed by atoms with Crippen molar-refractivity contribution >= 4 is 77.6 Å². The van der Waals surface area contributed by atoms with Crippen LogP contribution in [-0.2, 0) is 5.41 Å². The summed E-state index contributed by atoms with van der Waals surface area (Å²) in [4.78, 5) is 14.4. The van der Waals surface area contributed by atoms with Gasteiger partial charge >= 0.3 is 0 Å². The predicted molar refractivity (Wildman–Crippen MR) is 269 cm³/mol. The second-order valence-electron chi connectivity index (χ2n) is 17.4. The third kappa shape index (κ3) is 4.97. The van der Waals surface area contributed by atoms with Crippen LogP contribution in [0.2, 0.25) is 0 Å². The van der Waals surface area contributed by atoms with Gasteiger partial charge in [0.25, 0.3) is 0 Å². The first kappa shape index (κ1) is 36.8. The second kappa shape index (κ2) is 13.9. The molecule has 0 atom stereocenters. The van der Waals surface area contributed by atoms with Gasteiger partial charge in [-0.15, -0.1) is 0 Å². The Labute approximate surface area is 380 Å². The third-order valence-corrected chi connectivity index (χ3v) is 14.1. The minimum absolute atomic E-state index is 0.296. The number of benzene rings is 11. The molecule has 1 aromatic heterocycles. The first-order valence-electron chi connectivity index (χ1n) is 22.4. The van der Waals surface area contributed by atoms with Gasteiger partial charge < -0.3 is 4.90 Å². The highest BCUT2D eigenvalue weighted by molar-refractivity contribution is 6.28. The lowest BCUT2D eigenvalue weighted by molar-refractivity contribution is 0.629. The third-order valence-electron chi connectivity index (χ3n) is 14.1. The summed E-state index contributed by atoms with van der Waals surface area (Å²) in [5.41, 5.74) is 15.1. The van der Waals surface area contributed by atoms with Gasteiger partial charge in [-0.05, 0) is 115 Å². The van der Waals surface area contributed by atoms with Crippen molar-refractivity contribution in [2.45, 2.75) is 5.41 Å². The molecule has 1 spiro atoms. The summed E-state index contributed by atoms with van der Waals surface area (Å²) in [7, 11) is 0. The molecule has 0 saturated carbocycles. The van der Waals surface area contributed by atoms with E-state index in [2.05, 4.69) is 174 Å². The first-order chi connectivity index (χ1) is 32.7. The Balaban J connectivity index is 1.04. The van der Waals surface area contributed by atoms with Crippen LogP contribution in [0.15, 0.2) is 225 Å². The maximum absolute atomic E-state index is 16.8. The van der Waals surface area contributed by atoms with Crippen LogP contribution in [0, 0.1) is 5.82 Å². The van der Waals surface area contributed by atoms with E-state index < -0.39 is 5.41 Å². The van der Waals surface area contributed by atoms with Crippen molar-refractivity contribution in [3.8, 4) is 22.3 Å². The highest BCUT2D eigenvalue weighted by Crippen LogP contribution is 2.65. The van der Waals surface area contributed by atoms with Crippen LogP contribution in [0.4, 0.5) is 38.6 Å². The summed E-state index contributed by atoms with van der Waals surface area (Å²) in [6.07, 6.45) is 1.86. The zero-order valence-electron chi connectivity index (χ0n) is 35.5. The molecule has 2 aliphatic rings. The summed E-state index contributed by atoms with van der Waals surface area (Å²) in [6.45, 7) is 0. The lowest BCUT2D eigenvalue weighted by Crippen LogP contribution is -2.26. The van der Waals surface area contributed by atoms with E-state index in [9.17, 15) is 0 Å². The van der Waals surface area contributed by atoms with Crippen molar-refractivity contribution in [3.05, 3.63) is 253 Å². The van der Waals surface area contributed by atoms with Crippen molar-refractivity contribution in [1.29, 1.82) is 0 Å². The van der Waals surface area contributed by atoms with Gasteiger partial charge in [0, 0.05) is 22.0 Å². The number of halogens is 1. The monoisotopic (exact) mass is 844 g/mol. The summed E-state index contributed by atoms with van der Waals surface area (Å²) in [6, 6.07) is 76.4. The van der Waals surface area contributed by atoms with Crippen LogP contribution in [0.5, 0.6) is 0 Å². The molecule has 4 nitrogen and oxygen atoms in total. The number of anilines is 6. The molecule has 66 heavy (non-hydrogen) atoms. The Morgan fingerprint density at radius 3 is 1.58 bits per heavy atom. The fraction of sp³-hybridized carbons (Fsp3) is 0.0164. The molecule has 11 aromatic carbocycles. The van der Waals surface area contributed by atoms with Crippen molar-refractivity contribution in [2.24, 2.45) is 0 Å². The van der Waals surface area contributed by atoms with Gasteiger partial charge in [0.05, 0.1) is 45.4 Å². The Morgan fingerprint density at radius 2 is 0.894 bits per heavy atom. The highest BCUT2D eigenvalue weighted by Gasteiger charge is 2.52. The molecule has 0 bridgehead atoms. The van der Waals surface area contributed by atoms with Gasteiger partial charge in [0.15, 0.2) is 5.82 Å². The topological polar surface area (TPSA) is 32.3 Å². The highest BCUT2D eigenvalue weighted by atomic mass is 19.1. The van der Waals surface area contributed by atoms with E-state index in [0.29, 0.717) is 5.69 Å². The molecule has 0 fully saturated rings. The molecule has 0 unspecified atom stereocenters. The fourth-order valence-electron chi connectivity index (χ4n) is 11.5. The molecule has 0 saturated heterocycles. The molecular weight excluding hydrogens is 808 g/mol. The molecule has 5 heteroatoms. The number of hydrogen-bond donors (Lipinski definition) is 0. The Kier molecular flexibility index (Phi) is 7.75. The van der Waals surface area contributed by atoms with Crippen LogP contribution < -0.4 is 9.80 Å². The van der Waals surface area contributed by atoms with E-state index in [1.54, 1.807) is 12.1 Å². The number of rotatable bonds is 6. The number of aromatic nitrogens is 2. The van der Waals surface area contributed by atoms with Gasteiger partial charge in [0.2, 0.25) is 0 Å². The van der Waals surface area contributed by atoms with Crippen molar-refractivity contribution in [3.63, 3.8) is 0 Å². The van der Waals surface area contributed by atoms with Gasteiger partial charge in [0.1, 0.15) is 5.82 Å². The van der Waals surface area contributed by atoms with E-state index >= 15 is 4.39 Å². The van der Waals surface area contributed by atoms with Crippen molar-refractivity contribution in [1.82, 2.24) is 9.97 Å². The molecule has 2 aliphatic carbocycles. The van der Waals surface area contributed by atoms with E-state index in [1.807, 2.05) is 48.7 Å². The molecule has 0 N–H and O–H groups in total. The Morgan fingerprint density at radius 1 is 0.379 bits per heavy atom. The minimum atomic E-state index is -0.546. The fourth-order valence-corrected chi connectivity index (χ4v) is 11.5. The molecule has 0 amide bonds. The van der Waals surface area contributed by atoms with Crippen LogP contribution >= 0.6 is 0 Å². The average molecular weight is 845 g/mol. The Bertz CT molecular complexity index is 3890. The standard InChI is InChI=1S/C61H37FN4/c62-50-24-10-13-27-55(50)66(56-28-14-23-49-60(56)43-19-6-9-22-48(43)61(49)46-20-7-4-17-41(46)42-18-5-8-21-47(42)61)54-36-32-39-29-33-44-53(35-31-38-30-34-45(54)59(39)58(38)44)65(40-15-2-1-3-16-40)57-37-63-51-25-11-12-26-52(51)64-57/h1-37H. The van der Waals surface area contributed by atoms with E-state index in [-0.39, 0.29) is 5.82 Å². The van der Waals surface area contributed by atoms with Gasteiger partial charge in [-0.25, -0.2) is 9.37 Å². The number of fused-ring (bicyclic) bond motifs is 11. The molecule has 12 aromatic rings. The van der Waals surface area contributed by atoms with Gasteiger partial charge in [-0.3, -0.25) is 9.88 Å². The zero-order valence-corrected chi connectivity index (χ0v) is 35.5. The van der Waals surface area contributed by atoms with Gasteiger partial charge in [-0.1, -0.05) is 164 Å². The van der Waals surface area contributed by atoms with E-state index in [4.69, 9.17) is 9.97 Å². The largest absolute Gasteiger partial charge is 0.306 e. The lowest BCUT2D eigenvalue weighted by atomic mass is 9.70. The normalized spacial score (nSPS) is 13.0. The number of hydrogen-bond acceptors (Lipinski definition) is 4. The van der Waals surface area contributed by atoms with Crippen molar-refractivity contribution < 1.29 is 4.39 Å². The van der Waals surface area contributed by atoms with Crippen molar-refractivity contribution in [2.75, 3.05) is 9.80 Å². The van der Waals surface area contributed by atoms with E-state index in [0.717, 1.165) is 83.0 Å². The molecule has 308 valence electrons. The SMILES string of the molecule is Fc1ccccc1N(c1cccc2c1-c1ccccc1C21c2ccccc2-c2ccccc21)c1ccc2ccc3c(N(c4ccccc4)c4cnc5ccccc5n4)ccc4ccc1c2c43. The van der Waals surface area contributed by atoms with Crippen LogP contribution in [0.25, 0.3) is 65.6 Å². The smallest absolute Gasteiger partial charge is 0.156 e.